The molecule has 1 aromatic heterocycles. The number of nitro groups is 1. The molecule has 0 aliphatic rings. The summed E-state index contributed by atoms with van der Waals surface area (Å²) < 4.78 is 0. The van der Waals surface area contributed by atoms with Crippen molar-refractivity contribution in [2.24, 2.45) is 0 Å². The van der Waals surface area contributed by atoms with E-state index >= 15 is 0 Å². The van der Waals surface area contributed by atoms with Crippen molar-refractivity contribution in [1.82, 2.24) is 5.32 Å². The Kier molecular flexibility index (Phi) is 5.14. The quantitative estimate of drug-likeness (QED) is 0.506. The van der Waals surface area contributed by atoms with Crippen LogP contribution in [-0.4, -0.2) is 16.6 Å². The number of thioether (sulfide) groups is 1. The fourth-order valence-electron chi connectivity index (χ4n) is 1.46. The summed E-state index contributed by atoms with van der Waals surface area (Å²) >= 11 is 2.95. The van der Waals surface area contributed by atoms with Crippen LogP contribution in [0, 0.1) is 10.1 Å². The lowest BCUT2D eigenvalue weighted by Gasteiger charge is -2.03. The van der Waals surface area contributed by atoms with Gasteiger partial charge in [0.25, 0.3) is 5.69 Å². The van der Waals surface area contributed by atoms with Crippen LogP contribution in [0.2, 0.25) is 0 Å². The molecular weight excluding hydrogens is 296 g/mol. The van der Waals surface area contributed by atoms with E-state index in [0.29, 0.717) is 12.3 Å². The van der Waals surface area contributed by atoms with E-state index in [-0.39, 0.29) is 11.6 Å². The molecule has 2 aromatic rings. The lowest BCUT2D eigenvalue weighted by molar-refractivity contribution is -0.384. The molecule has 0 spiro atoms. The van der Waals surface area contributed by atoms with Crippen LogP contribution in [0.3, 0.4) is 0 Å². The number of hydrogen-bond acceptors (Lipinski definition) is 5. The van der Waals surface area contributed by atoms with Gasteiger partial charge in [-0.05, 0) is 23.6 Å². The van der Waals surface area contributed by atoms with E-state index in [2.05, 4.69) is 5.32 Å². The highest BCUT2D eigenvalue weighted by Gasteiger charge is 2.06. The summed E-state index contributed by atoms with van der Waals surface area (Å²) in [5.41, 5.74) is 0.0523. The molecule has 0 radical (unpaired) electrons. The molecule has 0 saturated carbocycles. The van der Waals surface area contributed by atoms with Gasteiger partial charge in [0.05, 0.1) is 17.2 Å². The number of nitrogens with one attached hydrogen (secondary N) is 1. The van der Waals surface area contributed by atoms with Gasteiger partial charge in [-0.25, -0.2) is 0 Å². The highest BCUT2D eigenvalue weighted by molar-refractivity contribution is 8.00. The SMILES string of the molecule is O=C(CSc1ccc([N+](=O)[O-])cc1)NCc1cccs1. The predicted octanol–water partition coefficient (Wildman–Crippen LogP) is 3.06. The molecule has 0 unspecified atom stereocenters. The average molecular weight is 308 g/mol. The molecule has 20 heavy (non-hydrogen) atoms. The molecule has 0 fully saturated rings. The number of amides is 1. The van der Waals surface area contributed by atoms with Gasteiger partial charge in [-0.15, -0.1) is 23.1 Å². The Balaban J connectivity index is 1.76. The molecule has 5 nitrogen and oxygen atoms in total. The number of rotatable bonds is 6. The molecule has 1 N–H and O–H groups in total. The summed E-state index contributed by atoms with van der Waals surface area (Å²) in [5.74, 6) is 0.241. The first-order valence-electron chi connectivity index (χ1n) is 5.81. The second-order valence-corrected chi connectivity index (χ2v) is 5.98. The van der Waals surface area contributed by atoms with Crippen LogP contribution in [-0.2, 0) is 11.3 Å². The molecule has 0 atom stereocenters. The fraction of sp³-hybridized carbons (Fsp3) is 0.154. The summed E-state index contributed by atoms with van der Waals surface area (Å²) in [4.78, 5) is 23.7. The number of hydrogen-bond donors (Lipinski definition) is 1. The fourth-order valence-corrected chi connectivity index (χ4v) is 2.84. The maximum absolute atomic E-state index is 11.7. The largest absolute Gasteiger partial charge is 0.350 e. The van der Waals surface area contributed by atoms with Gasteiger partial charge in [0, 0.05) is 21.9 Å². The molecular formula is C13H12N2O3S2. The van der Waals surface area contributed by atoms with Gasteiger partial charge in [0.1, 0.15) is 0 Å². The smallest absolute Gasteiger partial charge is 0.269 e. The van der Waals surface area contributed by atoms with Crippen LogP contribution in [0.25, 0.3) is 0 Å². The Morgan fingerprint density at radius 1 is 1.30 bits per heavy atom. The molecule has 1 aromatic carbocycles. The van der Waals surface area contributed by atoms with E-state index in [9.17, 15) is 14.9 Å². The van der Waals surface area contributed by atoms with E-state index < -0.39 is 4.92 Å². The molecule has 0 bridgehead atoms. The van der Waals surface area contributed by atoms with Gasteiger partial charge in [-0.1, -0.05) is 6.07 Å². The minimum absolute atomic E-state index is 0.0523. The minimum Gasteiger partial charge on any atom is -0.350 e. The van der Waals surface area contributed by atoms with Crippen LogP contribution in [0.15, 0.2) is 46.7 Å². The Hall–Kier alpha value is -1.86. The lowest BCUT2D eigenvalue weighted by Crippen LogP contribution is -2.24. The van der Waals surface area contributed by atoms with Crippen molar-refractivity contribution < 1.29 is 9.72 Å². The third-order valence-electron chi connectivity index (χ3n) is 2.46. The highest BCUT2D eigenvalue weighted by atomic mass is 32.2. The number of thiophene rings is 1. The third kappa shape index (κ3) is 4.36. The number of benzene rings is 1. The second kappa shape index (κ2) is 7.06. The summed E-state index contributed by atoms with van der Waals surface area (Å²) in [6, 6.07) is 10.1. The Labute approximate surface area is 124 Å². The summed E-state index contributed by atoms with van der Waals surface area (Å²) in [6.07, 6.45) is 0. The van der Waals surface area contributed by atoms with Crippen molar-refractivity contribution in [3.63, 3.8) is 0 Å². The zero-order valence-electron chi connectivity index (χ0n) is 10.4. The van der Waals surface area contributed by atoms with E-state index in [1.54, 1.807) is 23.5 Å². The van der Waals surface area contributed by atoms with Crippen molar-refractivity contribution in [3.8, 4) is 0 Å². The average Bonchev–Trinajstić information content (AvgIpc) is 2.96. The van der Waals surface area contributed by atoms with Gasteiger partial charge in [-0.3, -0.25) is 14.9 Å². The van der Waals surface area contributed by atoms with E-state index in [4.69, 9.17) is 0 Å². The molecule has 1 heterocycles. The van der Waals surface area contributed by atoms with Crippen molar-refractivity contribution >= 4 is 34.7 Å². The standard InChI is InChI=1S/C13H12N2O3S2/c16-13(14-8-12-2-1-7-19-12)9-20-11-5-3-10(4-6-11)15(17)18/h1-7H,8-9H2,(H,14,16). The first kappa shape index (κ1) is 14.5. The topological polar surface area (TPSA) is 72.2 Å². The van der Waals surface area contributed by atoms with Gasteiger partial charge in [0.15, 0.2) is 0 Å². The Morgan fingerprint density at radius 3 is 2.65 bits per heavy atom. The molecule has 0 saturated heterocycles. The summed E-state index contributed by atoms with van der Waals surface area (Å²) in [5, 5.41) is 15.3. The molecule has 104 valence electrons. The third-order valence-corrected chi connectivity index (χ3v) is 4.35. The summed E-state index contributed by atoms with van der Waals surface area (Å²) in [7, 11) is 0. The highest BCUT2D eigenvalue weighted by Crippen LogP contribution is 2.21. The monoisotopic (exact) mass is 308 g/mol. The van der Waals surface area contributed by atoms with Crippen molar-refractivity contribution in [2.45, 2.75) is 11.4 Å². The Bertz CT molecular complexity index is 582. The predicted molar refractivity (Wildman–Crippen MR) is 80.0 cm³/mol. The number of nitro benzene ring substituents is 1. The van der Waals surface area contributed by atoms with Crippen LogP contribution >= 0.6 is 23.1 Å². The number of non-ortho nitro benzene ring substituents is 1. The maximum atomic E-state index is 11.7. The van der Waals surface area contributed by atoms with Gasteiger partial charge in [0.2, 0.25) is 5.91 Å². The van der Waals surface area contributed by atoms with Crippen LogP contribution in [0.4, 0.5) is 5.69 Å². The van der Waals surface area contributed by atoms with E-state index in [0.717, 1.165) is 9.77 Å². The van der Waals surface area contributed by atoms with Crippen LogP contribution in [0.5, 0.6) is 0 Å². The summed E-state index contributed by atoms with van der Waals surface area (Å²) in [6.45, 7) is 0.539. The number of carbonyl (C=O) groups is 1. The van der Waals surface area contributed by atoms with Crippen molar-refractivity contribution in [3.05, 3.63) is 56.8 Å². The molecule has 1 amide bonds. The molecule has 2 rings (SSSR count). The first-order chi connectivity index (χ1) is 9.65. The van der Waals surface area contributed by atoms with E-state index in [1.165, 1.54) is 23.9 Å². The lowest BCUT2D eigenvalue weighted by atomic mass is 10.3. The number of carbonyl (C=O) groups excluding carboxylic acids is 1. The van der Waals surface area contributed by atoms with Gasteiger partial charge in [-0.2, -0.15) is 0 Å². The van der Waals surface area contributed by atoms with Crippen LogP contribution < -0.4 is 5.32 Å². The second-order valence-electron chi connectivity index (χ2n) is 3.90. The number of nitrogens with zero attached hydrogens (tertiary/aromatic N) is 1. The normalized spacial score (nSPS) is 10.2. The van der Waals surface area contributed by atoms with E-state index in [1.807, 2.05) is 17.5 Å². The zero-order valence-corrected chi connectivity index (χ0v) is 12.1. The first-order valence-corrected chi connectivity index (χ1v) is 7.68. The van der Waals surface area contributed by atoms with Crippen molar-refractivity contribution in [1.29, 1.82) is 0 Å². The minimum atomic E-state index is -0.442. The van der Waals surface area contributed by atoms with Gasteiger partial charge >= 0.3 is 0 Å². The Morgan fingerprint density at radius 2 is 2.05 bits per heavy atom. The molecule has 7 heteroatoms. The molecule has 0 aliphatic heterocycles. The van der Waals surface area contributed by atoms with Crippen LogP contribution in [0.1, 0.15) is 4.88 Å². The maximum Gasteiger partial charge on any atom is 0.269 e. The zero-order chi connectivity index (χ0) is 14.4. The van der Waals surface area contributed by atoms with Gasteiger partial charge < -0.3 is 5.32 Å². The molecule has 0 aliphatic carbocycles. The van der Waals surface area contributed by atoms with Crippen molar-refractivity contribution in [2.75, 3.05) is 5.75 Å².